The summed E-state index contributed by atoms with van der Waals surface area (Å²) in [6, 6.07) is 8.55. The first-order chi connectivity index (χ1) is 8.26. The van der Waals surface area contributed by atoms with Gasteiger partial charge in [-0.15, -0.1) is 0 Å². The Hall–Kier alpha value is -1.83. The van der Waals surface area contributed by atoms with E-state index in [1.807, 2.05) is 6.07 Å². The van der Waals surface area contributed by atoms with Crippen molar-refractivity contribution < 1.29 is 0 Å². The summed E-state index contributed by atoms with van der Waals surface area (Å²) in [5.41, 5.74) is 11.8. The van der Waals surface area contributed by atoms with Crippen molar-refractivity contribution >= 4 is 5.69 Å². The highest BCUT2D eigenvalue weighted by Crippen LogP contribution is 2.27. The van der Waals surface area contributed by atoms with E-state index in [1.54, 1.807) is 12.4 Å². The summed E-state index contributed by atoms with van der Waals surface area (Å²) < 4.78 is 0. The third kappa shape index (κ3) is 2.31. The number of rotatable bonds is 3. The van der Waals surface area contributed by atoms with Gasteiger partial charge in [-0.1, -0.05) is 32.0 Å². The standard InChI is InChI=1S/C15H18N2/c1-3-11-5-6-13(9-12(11)4-2)14-7-8-17-10-15(14)16/h5-10H,3-4,16H2,1-2H3. The number of hydrogen-bond acceptors (Lipinski definition) is 2. The summed E-state index contributed by atoms with van der Waals surface area (Å²) in [6.45, 7) is 4.38. The zero-order chi connectivity index (χ0) is 12.3. The number of benzene rings is 1. The van der Waals surface area contributed by atoms with Crippen LogP contribution >= 0.6 is 0 Å². The minimum atomic E-state index is 0.735. The van der Waals surface area contributed by atoms with Crippen molar-refractivity contribution in [1.29, 1.82) is 0 Å². The summed E-state index contributed by atoms with van der Waals surface area (Å²) in [6.07, 6.45) is 5.62. The second kappa shape index (κ2) is 5.00. The molecule has 1 aromatic heterocycles. The van der Waals surface area contributed by atoms with Crippen LogP contribution < -0.4 is 5.73 Å². The van der Waals surface area contributed by atoms with Crippen LogP contribution in [0.4, 0.5) is 5.69 Å². The molecule has 0 radical (unpaired) electrons. The smallest absolute Gasteiger partial charge is 0.0580 e. The normalized spacial score (nSPS) is 10.5. The van der Waals surface area contributed by atoms with Crippen LogP contribution in [0.1, 0.15) is 25.0 Å². The Morgan fingerprint density at radius 1 is 1.06 bits per heavy atom. The van der Waals surface area contributed by atoms with Gasteiger partial charge >= 0.3 is 0 Å². The molecular formula is C15H18N2. The predicted octanol–water partition coefficient (Wildman–Crippen LogP) is 3.46. The maximum Gasteiger partial charge on any atom is 0.0580 e. The molecule has 0 unspecified atom stereocenters. The molecule has 2 rings (SSSR count). The number of anilines is 1. The molecule has 0 aliphatic rings. The van der Waals surface area contributed by atoms with Crippen molar-refractivity contribution in [3.8, 4) is 11.1 Å². The third-order valence-electron chi connectivity index (χ3n) is 3.13. The fourth-order valence-electron chi connectivity index (χ4n) is 2.14. The van der Waals surface area contributed by atoms with Gasteiger partial charge in [-0.25, -0.2) is 0 Å². The van der Waals surface area contributed by atoms with E-state index in [9.17, 15) is 0 Å². The second-order valence-electron chi connectivity index (χ2n) is 4.15. The lowest BCUT2D eigenvalue weighted by molar-refractivity contribution is 1.04. The molecule has 1 heterocycles. The number of aryl methyl sites for hydroxylation is 2. The van der Waals surface area contributed by atoms with E-state index in [2.05, 4.69) is 37.0 Å². The Morgan fingerprint density at radius 2 is 1.82 bits per heavy atom. The molecule has 88 valence electrons. The fourth-order valence-corrected chi connectivity index (χ4v) is 2.14. The van der Waals surface area contributed by atoms with E-state index < -0.39 is 0 Å². The first-order valence-electron chi connectivity index (χ1n) is 6.08. The minimum absolute atomic E-state index is 0.735. The predicted molar refractivity (Wildman–Crippen MR) is 72.8 cm³/mol. The summed E-state index contributed by atoms with van der Waals surface area (Å²) in [5.74, 6) is 0. The number of nitrogens with zero attached hydrogens (tertiary/aromatic N) is 1. The largest absolute Gasteiger partial charge is 0.397 e. The molecule has 0 atom stereocenters. The van der Waals surface area contributed by atoms with Crippen LogP contribution in [0.3, 0.4) is 0 Å². The average Bonchev–Trinajstić information content (AvgIpc) is 2.38. The molecule has 0 saturated carbocycles. The first-order valence-corrected chi connectivity index (χ1v) is 6.08. The fraction of sp³-hybridized carbons (Fsp3) is 0.267. The van der Waals surface area contributed by atoms with E-state index >= 15 is 0 Å². The maximum atomic E-state index is 5.95. The molecule has 0 bridgehead atoms. The number of nitrogen functional groups attached to an aromatic ring is 1. The number of pyridine rings is 1. The Bertz CT molecular complexity index is 518. The van der Waals surface area contributed by atoms with Crippen LogP contribution in [0.2, 0.25) is 0 Å². The molecule has 0 amide bonds. The van der Waals surface area contributed by atoms with Crippen LogP contribution in [0.15, 0.2) is 36.7 Å². The maximum absolute atomic E-state index is 5.95. The summed E-state index contributed by atoms with van der Waals surface area (Å²) in [7, 11) is 0. The van der Waals surface area contributed by atoms with Crippen LogP contribution in [0, 0.1) is 0 Å². The summed E-state index contributed by atoms with van der Waals surface area (Å²) in [4.78, 5) is 4.02. The average molecular weight is 226 g/mol. The SMILES string of the molecule is CCc1ccc(-c2ccncc2N)cc1CC. The van der Waals surface area contributed by atoms with Crippen molar-refractivity contribution in [3.63, 3.8) is 0 Å². The quantitative estimate of drug-likeness (QED) is 0.870. The van der Waals surface area contributed by atoms with E-state index in [0.29, 0.717) is 0 Å². The molecular weight excluding hydrogens is 208 g/mol. The third-order valence-corrected chi connectivity index (χ3v) is 3.13. The van der Waals surface area contributed by atoms with Gasteiger partial charge in [0.1, 0.15) is 0 Å². The lowest BCUT2D eigenvalue weighted by Gasteiger charge is -2.10. The molecule has 2 nitrogen and oxygen atoms in total. The van der Waals surface area contributed by atoms with Gasteiger partial charge in [0, 0.05) is 11.8 Å². The first kappa shape index (κ1) is 11.6. The monoisotopic (exact) mass is 226 g/mol. The van der Waals surface area contributed by atoms with Crippen LogP contribution in [-0.2, 0) is 12.8 Å². The number of aromatic nitrogens is 1. The highest BCUT2D eigenvalue weighted by Gasteiger charge is 2.05. The number of nitrogens with two attached hydrogens (primary N) is 1. The Kier molecular flexibility index (Phi) is 3.43. The molecule has 2 heteroatoms. The molecule has 0 spiro atoms. The van der Waals surface area contributed by atoms with Gasteiger partial charge in [-0.2, -0.15) is 0 Å². The molecule has 0 saturated heterocycles. The Balaban J connectivity index is 2.50. The molecule has 1 aromatic carbocycles. The number of hydrogen-bond donors (Lipinski definition) is 1. The zero-order valence-electron chi connectivity index (χ0n) is 10.4. The van der Waals surface area contributed by atoms with E-state index in [1.165, 1.54) is 16.7 Å². The van der Waals surface area contributed by atoms with Gasteiger partial charge in [0.05, 0.1) is 11.9 Å². The zero-order valence-corrected chi connectivity index (χ0v) is 10.4. The van der Waals surface area contributed by atoms with Crippen molar-refractivity contribution in [2.24, 2.45) is 0 Å². The summed E-state index contributed by atoms with van der Waals surface area (Å²) in [5, 5.41) is 0. The Morgan fingerprint density at radius 3 is 2.47 bits per heavy atom. The van der Waals surface area contributed by atoms with Crippen LogP contribution in [-0.4, -0.2) is 4.98 Å². The molecule has 0 aliphatic carbocycles. The molecule has 0 aliphatic heterocycles. The topological polar surface area (TPSA) is 38.9 Å². The molecule has 0 fully saturated rings. The van der Waals surface area contributed by atoms with Gasteiger partial charge in [0.15, 0.2) is 0 Å². The van der Waals surface area contributed by atoms with Gasteiger partial charge in [0.2, 0.25) is 0 Å². The van der Waals surface area contributed by atoms with Crippen LogP contribution in [0.25, 0.3) is 11.1 Å². The molecule has 17 heavy (non-hydrogen) atoms. The van der Waals surface area contributed by atoms with E-state index in [-0.39, 0.29) is 0 Å². The molecule has 2 aromatic rings. The van der Waals surface area contributed by atoms with Gasteiger partial charge < -0.3 is 5.73 Å². The lowest BCUT2D eigenvalue weighted by atomic mass is 9.96. The van der Waals surface area contributed by atoms with Crippen molar-refractivity contribution in [1.82, 2.24) is 4.98 Å². The highest BCUT2D eigenvalue weighted by atomic mass is 14.7. The Labute approximate surface area is 103 Å². The second-order valence-corrected chi connectivity index (χ2v) is 4.15. The van der Waals surface area contributed by atoms with Gasteiger partial charge in [0.25, 0.3) is 0 Å². The van der Waals surface area contributed by atoms with Crippen molar-refractivity contribution in [2.45, 2.75) is 26.7 Å². The minimum Gasteiger partial charge on any atom is -0.397 e. The van der Waals surface area contributed by atoms with E-state index in [4.69, 9.17) is 5.73 Å². The van der Waals surface area contributed by atoms with Crippen molar-refractivity contribution in [2.75, 3.05) is 5.73 Å². The lowest BCUT2D eigenvalue weighted by Crippen LogP contribution is -1.94. The molecule has 2 N–H and O–H groups in total. The van der Waals surface area contributed by atoms with E-state index in [0.717, 1.165) is 24.1 Å². The van der Waals surface area contributed by atoms with Gasteiger partial charge in [-0.05, 0) is 35.6 Å². The van der Waals surface area contributed by atoms with Gasteiger partial charge in [-0.3, -0.25) is 4.98 Å². The highest BCUT2D eigenvalue weighted by molar-refractivity contribution is 5.76. The summed E-state index contributed by atoms with van der Waals surface area (Å²) >= 11 is 0. The van der Waals surface area contributed by atoms with Crippen molar-refractivity contribution in [3.05, 3.63) is 47.8 Å². The van der Waals surface area contributed by atoms with Crippen LogP contribution in [0.5, 0.6) is 0 Å².